The second-order valence-corrected chi connectivity index (χ2v) is 3.59. The van der Waals surface area contributed by atoms with Crippen LogP contribution in [0.3, 0.4) is 0 Å². The molecule has 0 fully saturated rings. The van der Waals surface area contributed by atoms with E-state index in [0.29, 0.717) is 12.5 Å². The lowest BCUT2D eigenvalue weighted by molar-refractivity contribution is -0.137. The fourth-order valence-electron chi connectivity index (χ4n) is 1.55. The van der Waals surface area contributed by atoms with Crippen LogP contribution in [-0.2, 0) is 6.18 Å². The number of hydrogen-bond acceptors (Lipinski definition) is 0. The van der Waals surface area contributed by atoms with Gasteiger partial charge in [0.2, 0.25) is 0 Å². The summed E-state index contributed by atoms with van der Waals surface area (Å²) in [6.45, 7) is 1.64. The van der Waals surface area contributed by atoms with E-state index in [1.165, 1.54) is 12.1 Å². The molecule has 0 aliphatic heterocycles. The molecule has 0 aliphatic rings. The summed E-state index contributed by atoms with van der Waals surface area (Å²) in [6.07, 6.45) is -5.34. The van der Waals surface area contributed by atoms with Crippen molar-refractivity contribution in [3.63, 3.8) is 0 Å². The molecule has 0 amide bonds. The number of hydrogen-bond donors (Lipinski definition) is 0. The van der Waals surface area contributed by atoms with Crippen LogP contribution in [0.2, 0.25) is 0 Å². The van der Waals surface area contributed by atoms with Crippen LogP contribution in [0, 0.1) is 0 Å². The highest BCUT2D eigenvalue weighted by Gasteiger charge is 2.30. The molecule has 0 spiro atoms. The Kier molecular flexibility index (Phi) is 4.26. The first kappa shape index (κ1) is 13.7. The Morgan fingerprint density at radius 2 is 1.94 bits per heavy atom. The lowest BCUT2D eigenvalue weighted by Gasteiger charge is -2.13. The minimum atomic E-state index is -4.45. The highest BCUT2D eigenvalue weighted by atomic mass is 19.4. The average molecular weight is 250 g/mol. The SMILES string of the molecule is CCC(C=C(F)F)c1cccc(C(F)(F)F)c1. The van der Waals surface area contributed by atoms with Crippen LogP contribution < -0.4 is 0 Å². The molecule has 0 aromatic heterocycles. The van der Waals surface area contributed by atoms with E-state index in [1.54, 1.807) is 6.92 Å². The first-order valence-corrected chi connectivity index (χ1v) is 5.04. The molecule has 0 saturated heterocycles. The van der Waals surface area contributed by atoms with Crippen LogP contribution in [0.15, 0.2) is 36.4 Å². The molecule has 0 aliphatic carbocycles. The number of alkyl halides is 3. The zero-order valence-electron chi connectivity index (χ0n) is 9.06. The Morgan fingerprint density at radius 1 is 1.29 bits per heavy atom. The standard InChI is InChI=1S/C12H11F5/c1-2-8(7-11(13)14)9-4-3-5-10(6-9)12(15,16)17/h3-8H,2H2,1H3. The van der Waals surface area contributed by atoms with Crippen molar-refractivity contribution in [2.24, 2.45) is 0 Å². The van der Waals surface area contributed by atoms with E-state index in [-0.39, 0.29) is 5.56 Å². The molecule has 0 saturated carbocycles. The van der Waals surface area contributed by atoms with Crippen molar-refractivity contribution in [2.45, 2.75) is 25.4 Å². The summed E-state index contributed by atoms with van der Waals surface area (Å²) in [5, 5.41) is 0. The third-order valence-electron chi connectivity index (χ3n) is 2.41. The summed E-state index contributed by atoms with van der Waals surface area (Å²) in [6, 6.07) is 4.48. The zero-order chi connectivity index (χ0) is 13.1. The first-order valence-electron chi connectivity index (χ1n) is 5.04. The molecule has 0 radical (unpaired) electrons. The first-order chi connectivity index (χ1) is 7.84. The Morgan fingerprint density at radius 3 is 2.41 bits per heavy atom. The van der Waals surface area contributed by atoms with Gasteiger partial charge in [-0.3, -0.25) is 0 Å². The highest BCUT2D eigenvalue weighted by Crippen LogP contribution is 2.32. The molecule has 17 heavy (non-hydrogen) atoms. The second-order valence-electron chi connectivity index (χ2n) is 3.59. The lowest BCUT2D eigenvalue weighted by atomic mass is 9.95. The van der Waals surface area contributed by atoms with Crippen LogP contribution in [0.5, 0.6) is 0 Å². The van der Waals surface area contributed by atoms with Crippen molar-refractivity contribution in [1.29, 1.82) is 0 Å². The van der Waals surface area contributed by atoms with Crippen LogP contribution in [-0.4, -0.2) is 0 Å². The van der Waals surface area contributed by atoms with Gasteiger partial charge >= 0.3 is 6.18 Å². The summed E-state index contributed by atoms with van der Waals surface area (Å²) in [7, 11) is 0. The summed E-state index contributed by atoms with van der Waals surface area (Å²) in [5.41, 5.74) is -0.573. The summed E-state index contributed by atoms with van der Waals surface area (Å²) < 4.78 is 61.6. The van der Waals surface area contributed by atoms with Crippen molar-refractivity contribution < 1.29 is 22.0 Å². The maximum atomic E-state index is 12.4. The van der Waals surface area contributed by atoms with Gasteiger partial charge in [0.05, 0.1) is 5.56 Å². The Hall–Kier alpha value is -1.39. The monoisotopic (exact) mass is 250 g/mol. The topological polar surface area (TPSA) is 0 Å². The van der Waals surface area contributed by atoms with Crippen LogP contribution >= 0.6 is 0 Å². The van der Waals surface area contributed by atoms with E-state index in [9.17, 15) is 22.0 Å². The van der Waals surface area contributed by atoms with Crippen molar-refractivity contribution in [3.8, 4) is 0 Å². The van der Waals surface area contributed by atoms with Crippen LogP contribution in [0.1, 0.15) is 30.4 Å². The summed E-state index contributed by atoms with van der Waals surface area (Å²) in [4.78, 5) is 0. The van der Waals surface area contributed by atoms with Gasteiger partial charge in [-0.05, 0) is 24.1 Å². The van der Waals surface area contributed by atoms with Gasteiger partial charge in [0.15, 0.2) is 0 Å². The van der Waals surface area contributed by atoms with Crippen molar-refractivity contribution in [3.05, 3.63) is 47.5 Å². The molecule has 0 heterocycles. The van der Waals surface area contributed by atoms with Gasteiger partial charge < -0.3 is 0 Å². The van der Waals surface area contributed by atoms with Gasteiger partial charge in [0.1, 0.15) is 0 Å². The van der Waals surface area contributed by atoms with Gasteiger partial charge in [-0.1, -0.05) is 25.1 Å². The molecule has 94 valence electrons. The third kappa shape index (κ3) is 3.84. The summed E-state index contributed by atoms with van der Waals surface area (Å²) >= 11 is 0. The van der Waals surface area contributed by atoms with Gasteiger partial charge in [-0.15, -0.1) is 0 Å². The zero-order valence-corrected chi connectivity index (χ0v) is 9.06. The molecule has 1 unspecified atom stereocenters. The lowest BCUT2D eigenvalue weighted by Crippen LogP contribution is -2.06. The summed E-state index contributed by atoms with van der Waals surface area (Å²) in [5.74, 6) is -0.692. The Balaban J connectivity index is 3.10. The number of benzene rings is 1. The quantitative estimate of drug-likeness (QED) is 0.664. The van der Waals surface area contributed by atoms with E-state index in [4.69, 9.17) is 0 Å². The van der Waals surface area contributed by atoms with E-state index in [1.807, 2.05) is 0 Å². The molecule has 1 rings (SSSR count). The molecule has 5 heteroatoms. The van der Waals surface area contributed by atoms with Crippen LogP contribution in [0.25, 0.3) is 0 Å². The van der Waals surface area contributed by atoms with E-state index < -0.39 is 23.7 Å². The Labute approximate surface area is 95.8 Å². The van der Waals surface area contributed by atoms with Crippen molar-refractivity contribution in [1.82, 2.24) is 0 Å². The van der Waals surface area contributed by atoms with Crippen LogP contribution in [0.4, 0.5) is 22.0 Å². The van der Waals surface area contributed by atoms with Crippen molar-refractivity contribution >= 4 is 0 Å². The number of rotatable bonds is 3. The van der Waals surface area contributed by atoms with Gasteiger partial charge in [-0.2, -0.15) is 22.0 Å². The molecule has 0 N–H and O–H groups in total. The van der Waals surface area contributed by atoms with Gasteiger partial charge in [0, 0.05) is 5.92 Å². The maximum absolute atomic E-state index is 12.4. The molecular formula is C12H11F5. The molecule has 1 aromatic carbocycles. The Bertz CT molecular complexity index is 402. The smallest absolute Gasteiger partial charge is 0.174 e. The predicted molar refractivity (Wildman–Crippen MR) is 54.8 cm³/mol. The van der Waals surface area contributed by atoms with Gasteiger partial charge in [0.25, 0.3) is 6.08 Å². The van der Waals surface area contributed by atoms with E-state index in [0.717, 1.165) is 12.1 Å². The third-order valence-corrected chi connectivity index (χ3v) is 2.41. The minimum absolute atomic E-state index is 0.245. The predicted octanol–water partition coefficient (Wildman–Crippen LogP) is 4.98. The minimum Gasteiger partial charge on any atom is -0.174 e. The number of allylic oxidation sites excluding steroid dienone is 1. The highest BCUT2D eigenvalue weighted by molar-refractivity contribution is 5.30. The molecule has 0 nitrogen and oxygen atoms in total. The molecule has 1 atom stereocenters. The fraction of sp³-hybridized carbons (Fsp3) is 0.333. The molecule has 0 bridgehead atoms. The largest absolute Gasteiger partial charge is 0.416 e. The van der Waals surface area contributed by atoms with Gasteiger partial charge in [-0.25, -0.2) is 0 Å². The number of halogens is 5. The normalized spacial score (nSPS) is 13.3. The molecular weight excluding hydrogens is 239 g/mol. The maximum Gasteiger partial charge on any atom is 0.416 e. The second kappa shape index (κ2) is 5.29. The van der Waals surface area contributed by atoms with E-state index in [2.05, 4.69) is 0 Å². The average Bonchev–Trinajstić information content (AvgIpc) is 2.24. The van der Waals surface area contributed by atoms with E-state index >= 15 is 0 Å². The fourth-order valence-corrected chi connectivity index (χ4v) is 1.55. The van der Waals surface area contributed by atoms with Crippen molar-refractivity contribution in [2.75, 3.05) is 0 Å². The molecule has 1 aromatic rings.